The van der Waals surface area contributed by atoms with E-state index in [-0.39, 0.29) is 5.82 Å². The van der Waals surface area contributed by atoms with Gasteiger partial charge in [-0.2, -0.15) is 0 Å². The molecule has 2 aromatic rings. The Morgan fingerprint density at radius 3 is 2.87 bits per heavy atom. The summed E-state index contributed by atoms with van der Waals surface area (Å²) in [6.07, 6.45) is 2.22. The maximum atomic E-state index is 13.4. The molecule has 2 nitrogen and oxygen atoms in total. The first-order valence-corrected chi connectivity index (χ1v) is 5.42. The van der Waals surface area contributed by atoms with Crippen LogP contribution in [-0.2, 0) is 6.42 Å². The molecule has 0 saturated carbocycles. The standard InChI is InChI=1S/C11H11FN2S/c1-7-4-9(12)10(15-7)5-8-2-3-14-11(13)6-8/h2-4,6H,5H2,1H3,(H2,13,14). The zero-order valence-corrected chi connectivity index (χ0v) is 9.14. The van der Waals surface area contributed by atoms with Crippen LogP contribution < -0.4 is 5.73 Å². The Hall–Kier alpha value is -1.42. The second-order valence-corrected chi connectivity index (χ2v) is 4.73. The van der Waals surface area contributed by atoms with E-state index >= 15 is 0 Å². The summed E-state index contributed by atoms with van der Waals surface area (Å²) in [5.41, 5.74) is 6.54. The molecule has 0 aliphatic rings. The van der Waals surface area contributed by atoms with Crippen molar-refractivity contribution in [3.05, 3.63) is 45.5 Å². The Labute approximate surface area is 91.6 Å². The Morgan fingerprint density at radius 1 is 1.47 bits per heavy atom. The summed E-state index contributed by atoms with van der Waals surface area (Å²) in [6, 6.07) is 5.18. The number of thiophene rings is 1. The van der Waals surface area contributed by atoms with Gasteiger partial charge in [-0.15, -0.1) is 11.3 Å². The molecule has 2 N–H and O–H groups in total. The van der Waals surface area contributed by atoms with E-state index in [0.29, 0.717) is 12.2 Å². The molecule has 0 atom stereocenters. The average molecular weight is 222 g/mol. The van der Waals surface area contributed by atoms with E-state index in [1.54, 1.807) is 18.3 Å². The average Bonchev–Trinajstić information content (AvgIpc) is 2.45. The fourth-order valence-electron chi connectivity index (χ4n) is 1.44. The van der Waals surface area contributed by atoms with Crippen LogP contribution in [0.4, 0.5) is 10.2 Å². The SMILES string of the molecule is Cc1cc(F)c(Cc2ccnc(N)c2)s1. The van der Waals surface area contributed by atoms with E-state index in [0.717, 1.165) is 15.3 Å². The molecule has 0 radical (unpaired) electrons. The maximum Gasteiger partial charge on any atom is 0.137 e. The Morgan fingerprint density at radius 2 is 2.27 bits per heavy atom. The molecule has 4 heteroatoms. The van der Waals surface area contributed by atoms with E-state index in [2.05, 4.69) is 4.98 Å². The molecule has 2 rings (SSSR count). The van der Waals surface area contributed by atoms with Crippen molar-refractivity contribution in [2.24, 2.45) is 0 Å². The number of pyridine rings is 1. The smallest absolute Gasteiger partial charge is 0.137 e. The predicted molar refractivity (Wildman–Crippen MR) is 60.5 cm³/mol. The van der Waals surface area contributed by atoms with Crippen molar-refractivity contribution in [2.45, 2.75) is 13.3 Å². The first kappa shape index (κ1) is 10.1. The third-order valence-corrected chi connectivity index (χ3v) is 3.12. The van der Waals surface area contributed by atoms with Crippen LogP contribution in [0.3, 0.4) is 0 Å². The van der Waals surface area contributed by atoms with Crippen LogP contribution in [0, 0.1) is 12.7 Å². The monoisotopic (exact) mass is 222 g/mol. The summed E-state index contributed by atoms with van der Waals surface area (Å²) >= 11 is 1.48. The predicted octanol–water partition coefficient (Wildman–Crippen LogP) is 2.76. The van der Waals surface area contributed by atoms with Gasteiger partial charge in [-0.1, -0.05) is 0 Å². The first-order valence-electron chi connectivity index (χ1n) is 4.60. The Bertz CT molecular complexity index is 479. The van der Waals surface area contributed by atoms with Gasteiger partial charge in [0.2, 0.25) is 0 Å². The number of halogens is 1. The molecular weight excluding hydrogens is 211 g/mol. The van der Waals surface area contributed by atoms with Gasteiger partial charge in [-0.3, -0.25) is 0 Å². The molecule has 78 valence electrons. The van der Waals surface area contributed by atoms with E-state index in [4.69, 9.17) is 5.73 Å². The highest BCUT2D eigenvalue weighted by Gasteiger charge is 2.07. The molecule has 0 bridgehead atoms. The molecule has 0 aliphatic carbocycles. The van der Waals surface area contributed by atoms with Gasteiger partial charge in [-0.05, 0) is 30.7 Å². The highest BCUT2D eigenvalue weighted by molar-refractivity contribution is 7.11. The van der Waals surface area contributed by atoms with Crippen LogP contribution in [0.25, 0.3) is 0 Å². The van der Waals surface area contributed by atoms with Crippen LogP contribution in [0.2, 0.25) is 0 Å². The lowest BCUT2D eigenvalue weighted by Gasteiger charge is -1.99. The molecule has 2 heterocycles. The zero-order valence-electron chi connectivity index (χ0n) is 8.33. The molecule has 0 unspecified atom stereocenters. The lowest BCUT2D eigenvalue weighted by molar-refractivity contribution is 0.621. The van der Waals surface area contributed by atoms with Crippen molar-refractivity contribution < 1.29 is 4.39 Å². The van der Waals surface area contributed by atoms with Gasteiger partial charge in [-0.25, -0.2) is 9.37 Å². The van der Waals surface area contributed by atoms with Crippen molar-refractivity contribution in [3.8, 4) is 0 Å². The Balaban J connectivity index is 2.25. The zero-order chi connectivity index (χ0) is 10.8. The topological polar surface area (TPSA) is 38.9 Å². The molecular formula is C11H11FN2S. The first-order chi connectivity index (χ1) is 7.15. The van der Waals surface area contributed by atoms with Gasteiger partial charge in [0, 0.05) is 22.4 Å². The normalized spacial score (nSPS) is 10.5. The number of anilines is 1. The second-order valence-electron chi connectivity index (χ2n) is 3.39. The lowest BCUT2D eigenvalue weighted by atomic mass is 10.1. The van der Waals surface area contributed by atoms with Gasteiger partial charge in [0.25, 0.3) is 0 Å². The van der Waals surface area contributed by atoms with Gasteiger partial charge < -0.3 is 5.73 Å². The number of hydrogen-bond donors (Lipinski definition) is 1. The van der Waals surface area contributed by atoms with Gasteiger partial charge in [0.1, 0.15) is 11.6 Å². The quantitative estimate of drug-likeness (QED) is 0.848. The van der Waals surface area contributed by atoms with Crippen LogP contribution in [-0.4, -0.2) is 4.98 Å². The minimum atomic E-state index is -0.132. The summed E-state index contributed by atoms with van der Waals surface area (Å²) in [4.78, 5) is 5.64. The van der Waals surface area contributed by atoms with Gasteiger partial charge >= 0.3 is 0 Å². The maximum absolute atomic E-state index is 13.4. The van der Waals surface area contributed by atoms with Crippen LogP contribution in [0.15, 0.2) is 24.4 Å². The molecule has 15 heavy (non-hydrogen) atoms. The Kier molecular flexibility index (Phi) is 2.68. The minimum Gasteiger partial charge on any atom is -0.384 e. The third-order valence-electron chi connectivity index (χ3n) is 2.09. The van der Waals surface area contributed by atoms with Crippen LogP contribution in [0.5, 0.6) is 0 Å². The largest absolute Gasteiger partial charge is 0.384 e. The van der Waals surface area contributed by atoms with Crippen molar-refractivity contribution >= 4 is 17.2 Å². The van der Waals surface area contributed by atoms with Gasteiger partial charge in [0.15, 0.2) is 0 Å². The van der Waals surface area contributed by atoms with Crippen LogP contribution >= 0.6 is 11.3 Å². The molecule has 0 amide bonds. The molecule has 2 aromatic heterocycles. The van der Waals surface area contributed by atoms with E-state index in [1.807, 2.05) is 13.0 Å². The van der Waals surface area contributed by atoms with E-state index in [1.165, 1.54) is 11.3 Å². The number of rotatable bonds is 2. The lowest BCUT2D eigenvalue weighted by Crippen LogP contribution is -1.93. The van der Waals surface area contributed by atoms with E-state index in [9.17, 15) is 4.39 Å². The van der Waals surface area contributed by atoms with Crippen molar-refractivity contribution in [1.82, 2.24) is 4.98 Å². The molecule has 0 saturated heterocycles. The fourth-order valence-corrected chi connectivity index (χ4v) is 2.39. The number of hydrogen-bond acceptors (Lipinski definition) is 3. The van der Waals surface area contributed by atoms with Crippen LogP contribution in [0.1, 0.15) is 15.3 Å². The number of nitrogens with zero attached hydrogens (tertiary/aromatic N) is 1. The van der Waals surface area contributed by atoms with Crippen molar-refractivity contribution in [1.29, 1.82) is 0 Å². The number of aryl methyl sites for hydroxylation is 1. The summed E-state index contributed by atoms with van der Waals surface area (Å²) in [7, 11) is 0. The summed E-state index contributed by atoms with van der Waals surface area (Å²) in [6.45, 7) is 1.90. The third kappa shape index (κ3) is 2.33. The summed E-state index contributed by atoms with van der Waals surface area (Å²) < 4.78 is 13.4. The number of nitrogen functional groups attached to an aromatic ring is 1. The highest BCUT2D eigenvalue weighted by atomic mass is 32.1. The fraction of sp³-hybridized carbons (Fsp3) is 0.182. The minimum absolute atomic E-state index is 0.132. The molecule has 0 aliphatic heterocycles. The number of aromatic nitrogens is 1. The second kappa shape index (κ2) is 3.98. The number of nitrogens with two attached hydrogens (primary N) is 1. The van der Waals surface area contributed by atoms with Crippen molar-refractivity contribution in [2.75, 3.05) is 5.73 Å². The van der Waals surface area contributed by atoms with E-state index < -0.39 is 0 Å². The highest BCUT2D eigenvalue weighted by Crippen LogP contribution is 2.23. The molecule has 0 fully saturated rings. The summed E-state index contributed by atoms with van der Waals surface area (Å²) in [5, 5.41) is 0. The van der Waals surface area contributed by atoms with Gasteiger partial charge in [0.05, 0.1) is 0 Å². The van der Waals surface area contributed by atoms with Crippen molar-refractivity contribution in [3.63, 3.8) is 0 Å². The molecule has 0 spiro atoms. The molecule has 0 aromatic carbocycles. The summed E-state index contributed by atoms with van der Waals surface area (Å²) in [5.74, 6) is 0.342.